The van der Waals surface area contributed by atoms with Gasteiger partial charge in [0.2, 0.25) is 0 Å². The van der Waals surface area contributed by atoms with Gasteiger partial charge in [0.05, 0.1) is 11.7 Å². The van der Waals surface area contributed by atoms with Crippen molar-refractivity contribution in [2.75, 3.05) is 18.5 Å². The van der Waals surface area contributed by atoms with Crippen LogP contribution in [0.1, 0.15) is 28.8 Å². The number of nitrogens with one attached hydrogen (secondary N) is 1. The molecule has 1 aliphatic heterocycles. The molecule has 4 nitrogen and oxygen atoms in total. The van der Waals surface area contributed by atoms with Crippen molar-refractivity contribution in [3.05, 3.63) is 58.6 Å². The molecule has 1 saturated heterocycles. The second kappa shape index (κ2) is 7.69. The predicted octanol–water partition coefficient (Wildman–Crippen LogP) is 4.46. The number of para-hydroxylation sites is 1. The normalized spacial score (nSPS) is 16.8. The second-order valence-corrected chi connectivity index (χ2v) is 6.29. The fourth-order valence-electron chi connectivity index (χ4n) is 2.70. The second-order valence-electron chi connectivity index (χ2n) is 5.86. The van der Waals surface area contributed by atoms with E-state index in [0.717, 1.165) is 30.7 Å². The minimum Gasteiger partial charge on any atom is -0.490 e. The average Bonchev–Trinajstić information content (AvgIpc) is 3.09. The molecule has 1 fully saturated rings. The van der Waals surface area contributed by atoms with Crippen molar-refractivity contribution in [2.24, 2.45) is 0 Å². The number of halogens is 1. The van der Waals surface area contributed by atoms with Crippen LogP contribution in [0.15, 0.2) is 42.5 Å². The van der Waals surface area contributed by atoms with Gasteiger partial charge in [-0.3, -0.25) is 4.79 Å². The van der Waals surface area contributed by atoms with Crippen LogP contribution in [0.25, 0.3) is 0 Å². The molecular weight excluding hydrogens is 326 g/mol. The summed E-state index contributed by atoms with van der Waals surface area (Å²) in [5.41, 5.74) is 2.15. The molecule has 0 bridgehead atoms. The number of aryl methyl sites for hydroxylation is 1. The van der Waals surface area contributed by atoms with Crippen LogP contribution in [0.5, 0.6) is 5.75 Å². The van der Waals surface area contributed by atoms with E-state index in [1.54, 1.807) is 24.3 Å². The lowest BCUT2D eigenvalue weighted by molar-refractivity contribution is 0.0673. The van der Waals surface area contributed by atoms with Crippen molar-refractivity contribution in [2.45, 2.75) is 25.9 Å². The minimum atomic E-state index is -0.205. The van der Waals surface area contributed by atoms with E-state index in [0.29, 0.717) is 22.9 Å². The van der Waals surface area contributed by atoms with Crippen LogP contribution >= 0.6 is 11.6 Å². The first kappa shape index (κ1) is 16.8. The first-order valence-electron chi connectivity index (χ1n) is 8.04. The van der Waals surface area contributed by atoms with E-state index in [9.17, 15) is 4.79 Å². The van der Waals surface area contributed by atoms with Crippen molar-refractivity contribution in [3.8, 4) is 5.75 Å². The van der Waals surface area contributed by atoms with E-state index in [4.69, 9.17) is 21.1 Å². The van der Waals surface area contributed by atoms with Gasteiger partial charge in [-0.1, -0.05) is 23.7 Å². The van der Waals surface area contributed by atoms with Crippen molar-refractivity contribution < 1.29 is 14.3 Å². The number of carbonyl (C=O) groups is 1. The van der Waals surface area contributed by atoms with E-state index in [1.165, 1.54) is 0 Å². The molecule has 1 atom stereocenters. The van der Waals surface area contributed by atoms with Gasteiger partial charge < -0.3 is 14.8 Å². The minimum absolute atomic E-state index is 0.111. The highest BCUT2D eigenvalue weighted by Crippen LogP contribution is 2.24. The van der Waals surface area contributed by atoms with Crippen LogP contribution in [0.2, 0.25) is 5.02 Å². The summed E-state index contributed by atoms with van der Waals surface area (Å²) in [6.45, 7) is 3.15. The van der Waals surface area contributed by atoms with Gasteiger partial charge in [-0.25, -0.2) is 0 Å². The smallest absolute Gasteiger partial charge is 0.259 e. The number of ether oxygens (including phenoxy) is 2. The Labute approximate surface area is 146 Å². The molecule has 1 amide bonds. The van der Waals surface area contributed by atoms with E-state index >= 15 is 0 Å². The molecular formula is C19H20ClNO3. The summed E-state index contributed by atoms with van der Waals surface area (Å²) in [6, 6.07) is 12.6. The third-order valence-electron chi connectivity index (χ3n) is 4.02. The van der Waals surface area contributed by atoms with Crippen LogP contribution < -0.4 is 10.1 Å². The maximum absolute atomic E-state index is 12.6. The number of benzene rings is 2. The molecule has 2 aromatic carbocycles. The number of anilines is 1. The van der Waals surface area contributed by atoms with Crippen LogP contribution in [-0.2, 0) is 4.74 Å². The van der Waals surface area contributed by atoms with Crippen LogP contribution in [-0.4, -0.2) is 25.2 Å². The average molecular weight is 346 g/mol. The van der Waals surface area contributed by atoms with Crippen molar-refractivity contribution >= 4 is 23.2 Å². The molecule has 0 unspecified atom stereocenters. The molecule has 1 aliphatic rings. The molecule has 3 rings (SSSR count). The summed E-state index contributed by atoms with van der Waals surface area (Å²) < 4.78 is 11.4. The third-order valence-corrected chi connectivity index (χ3v) is 4.25. The van der Waals surface area contributed by atoms with Crippen LogP contribution in [0, 0.1) is 6.92 Å². The molecule has 0 radical (unpaired) electrons. The van der Waals surface area contributed by atoms with Gasteiger partial charge in [0.15, 0.2) is 0 Å². The van der Waals surface area contributed by atoms with Gasteiger partial charge in [-0.2, -0.15) is 0 Å². The van der Waals surface area contributed by atoms with Gasteiger partial charge in [-0.05, 0) is 55.7 Å². The summed E-state index contributed by atoms with van der Waals surface area (Å²) >= 11 is 5.95. The molecule has 1 heterocycles. The van der Waals surface area contributed by atoms with E-state index in [1.807, 2.05) is 25.1 Å². The third kappa shape index (κ3) is 4.08. The Bertz CT molecular complexity index is 726. The first-order chi connectivity index (χ1) is 11.6. The number of hydrogen-bond donors (Lipinski definition) is 1. The van der Waals surface area contributed by atoms with Crippen LogP contribution in [0.3, 0.4) is 0 Å². The fourth-order valence-corrected chi connectivity index (χ4v) is 2.92. The van der Waals surface area contributed by atoms with E-state index in [-0.39, 0.29) is 12.0 Å². The Kier molecular flexibility index (Phi) is 5.38. The maximum Gasteiger partial charge on any atom is 0.259 e. The lowest BCUT2D eigenvalue weighted by atomic mass is 10.1. The zero-order valence-electron chi connectivity index (χ0n) is 13.5. The summed E-state index contributed by atoms with van der Waals surface area (Å²) in [7, 11) is 0. The molecule has 2 aromatic rings. The lowest BCUT2D eigenvalue weighted by Gasteiger charge is -2.15. The maximum atomic E-state index is 12.6. The number of rotatable bonds is 5. The zero-order chi connectivity index (χ0) is 16.9. The summed E-state index contributed by atoms with van der Waals surface area (Å²) in [5.74, 6) is 0.362. The molecule has 126 valence electrons. The molecule has 1 N–H and O–H groups in total. The summed E-state index contributed by atoms with van der Waals surface area (Å²) in [5, 5.41) is 3.56. The topological polar surface area (TPSA) is 47.6 Å². The molecule has 24 heavy (non-hydrogen) atoms. The highest BCUT2D eigenvalue weighted by Gasteiger charge is 2.18. The fraction of sp³-hybridized carbons (Fsp3) is 0.316. The Hall–Kier alpha value is -2.04. The summed E-state index contributed by atoms with van der Waals surface area (Å²) in [6.07, 6.45) is 2.17. The molecule has 0 aliphatic carbocycles. The summed E-state index contributed by atoms with van der Waals surface area (Å²) in [4.78, 5) is 12.6. The first-order valence-corrected chi connectivity index (χ1v) is 8.42. The largest absolute Gasteiger partial charge is 0.490 e. The van der Waals surface area contributed by atoms with Gasteiger partial charge in [0.1, 0.15) is 12.4 Å². The zero-order valence-corrected chi connectivity index (χ0v) is 14.3. The SMILES string of the molecule is Cc1cc(Cl)ccc1NC(=O)c1ccccc1OC[C@@H]1CCCO1. The standard InChI is InChI=1S/C19H20ClNO3/c1-13-11-14(20)8-9-17(13)21-19(22)16-6-2-3-7-18(16)24-12-15-5-4-10-23-15/h2-3,6-9,11,15H,4-5,10,12H2,1H3,(H,21,22)/t15-/m0/s1. The van der Waals surface area contributed by atoms with E-state index in [2.05, 4.69) is 5.32 Å². The number of amides is 1. The van der Waals surface area contributed by atoms with Gasteiger partial charge in [-0.15, -0.1) is 0 Å². The van der Waals surface area contributed by atoms with Crippen molar-refractivity contribution in [1.29, 1.82) is 0 Å². The highest BCUT2D eigenvalue weighted by molar-refractivity contribution is 6.30. The van der Waals surface area contributed by atoms with Crippen molar-refractivity contribution in [3.63, 3.8) is 0 Å². The molecule has 0 saturated carbocycles. The number of carbonyl (C=O) groups excluding carboxylic acids is 1. The van der Waals surface area contributed by atoms with E-state index < -0.39 is 0 Å². The highest BCUT2D eigenvalue weighted by atomic mass is 35.5. The van der Waals surface area contributed by atoms with Gasteiger partial charge in [0, 0.05) is 17.3 Å². The predicted molar refractivity (Wildman–Crippen MR) is 95.1 cm³/mol. The van der Waals surface area contributed by atoms with Crippen LogP contribution in [0.4, 0.5) is 5.69 Å². The Balaban J connectivity index is 1.72. The Morgan fingerprint density at radius 1 is 1.33 bits per heavy atom. The molecule has 0 aromatic heterocycles. The van der Waals surface area contributed by atoms with Gasteiger partial charge in [0.25, 0.3) is 5.91 Å². The molecule has 0 spiro atoms. The Morgan fingerprint density at radius 2 is 2.17 bits per heavy atom. The Morgan fingerprint density at radius 3 is 2.92 bits per heavy atom. The molecule has 5 heteroatoms. The van der Waals surface area contributed by atoms with Gasteiger partial charge >= 0.3 is 0 Å². The quantitative estimate of drug-likeness (QED) is 0.870. The number of hydrogen-bond acceptors (Lipinski definition) is 3. The monoisotopic (exact) mass is 345 g/mol. The van der Waals surface area contributed by atoms with Crippen molar-refractivity contribution in [1.82, 2.24) is 0 Å². The lowest BCUT2D eigenvalue weighted by Crippen LogP contribution is -2.19.